The molecule has 0 aliphatic heterocycles. The van der Waals surface area contributed by atoms with Gasteiger partial charge in [0.15, 0.2) is 0 Å². The molecule has 106 valence electrons. The van der Waals surface area contributed by atoms with Crippen LogP contribution in [0.1, 0.15) is 18.9 Å². The Kier molecular flexibility index (Phi) is 5.50. The van der Waals surface area contributed by atoms with E-state index in [4.69, 9.17) is 0 Å². The van der Waals surface area contributed by atoms with E-state index in [1.54, 1.807) is 38.4 Å². The van der Waals surface area contributed by atoms with E-state index in [2.05, 4.69) is 11.6 Å². The van der Waals surface area contributed by atoms with Gasteiger partial charge >= 0.3 is 0 Å². The van der Waals surface area contributed by atoms with Crippen LogP contribution in [0.5, 0.6) is 0 Å². The Morgan fingerprint density at radius 1 is 1.21 bits per heavy atom. The van der Waals surface area contributed by atoms with Gasteiger partial charge in [-0.15, -0.1) is 0 Å². The lowest BCUT2D eigenvalue weighted by atomic mass is 10.1. The largest absolute Gasteiger partial charge is 0.348 e. The SMILES string of the molecule is CCCc1ccc(S(=O)(=O)NCC(=O)N(C)C)cc1. The maximum absolute atomic E-state index is 11.9. The third kappa shape index (κ3) is 4.65. The first kappa shape index (κ1) is 15.7. The van der Waals surface area contributed by atoms with Crippen LogP contribution in [0.25, 0.3) is 0 Å². The molecule has 1 amide bonds. The summed E-state index contributed by atoms with van der Waals surface area (Å²) in [5.74, 6) is -0.286. The number of hydrogen-bond donors (Lipinski definition) is 1. The molecule has 0 spiro atoms. The second-order valence-corrected chi connectivity index (χ2v) is 6.27. The Balaban J connectivity index is 2.74. The first-order valence-corrected chi connectivity index (χ1v) is 7.64. The topological polar surface area (TPSA) is 66.5 Å². The highest BCUT2D eigenvalue weighted by atomic mass is 32.2. The number of amides is 1. The second-order valence-electron chi connectivity index (χ2n) is 4.51. The summed E-state index contributed by atoms with van der Waals surface area (Å²) in [5.41, 5.74) is 1.10. The van der Waals surface area contributed by atoms with E-state index in [1.807, 2.05) is 0 Å². The molecule has 0 aromatic heterocycles. The lowest BCUT2D eigenvalue weighted by Gasteiger charge is -2.11. The summed E-state index contributed by atoms with van der Waals surface area (Å²) < 4.78 is 26.2. The van der Waals surface area contributed by atoms with Crippen molar-refractivity contribution < 1.29 is 13.2 Å². The van der Waals surface area contributed by atoms with Crippen LogP contribution >= 0.6 is 0 Å². The number of aryl methyl sites for hydroxylation is 1. The molecule has 0 saturated carbocycles. The predicted molar refractivity (Wildman–Crippen MR) is 74.3 cm³/mol. The van der Waals surface area contributed by atoms with Gasteiger partial charge in [0.1, 0.15) is 0 Å². The third-order valence-corrected chi connectivity index (χ3v) is 4.10. The van der Waals surface area contributed by atoms with Crippen LogP contribution in [0.15, 0.2) is 29.2 Å². The summed E-state index contributed by atoms with van der Waals surface area (Å²) in [6.45, 7) is 1.84. The van der Waals surface area contributed by atoms with Crippen LogP contribution in [0.4, 0.5) is 0 Å². The van der Waals surface area contributed by atoms with E-state index in [0.29, 0.717) is 0 Å². The molecule has 1 N–H and O–H groups in total. The number of rotatable bonds is 6. The minimum absolute atomic E-state index is 0.180. The number of benzene rings is 1. The van der Waals surface area contributed by atoms with Crippen LogP contribution < -0.4 is 4.72 Å². The van der Waals surface area contributed by atoms with Crippen molar-refractivity contribution in [1.29, 1.82) is 0 Å². The summed E-state index contributed by atoms with van der Waals surface area (Å²) in [4.78, 5) is 12.9. The fourth-order valence-corrected chi connectivity index (χ4v) is 2.50. The van der Waals surface area contributed by atoms with Gasteiger partial charge in [-0.05, 0) is 24.1 Å². The van der Waals surface area contributed by atoms with Crippen molar-refractivity contribution >= 4 is 15.9 Å². The number of nitrogens with zero attached hydrogens (tertiary/aromatic N) is 1. The minimum Gasteiger partial charge on any atom is -0.348 e. The summed E-state index contributed by atoms with van der Waals surface area (Å²) in [7, 11) is -0.459. The monoisotopic (exact) mass is 284 g/mol. The maximum Gasteiger partial charge on any atom is 0.241 e. The number of hydrogen-bond acceptors (Lipinski definition) is 3. The average Bonchev–Trinajstić information content (AvgIpc) is 2.37. The molecular weight excluding hydrogens is 264 g/mol. The fourth-order valence-electron chi connectivity index (χ4n) is 1.52. The summed E-state index contributed by atoms with van der Waals surface area (Å²) in [6.07, 6.45) is 1.94. The highest BCUT2D eigenvalue weighted by molar-refractivity contribution is 7.89. The third-order valence-electron chi connectivity index (χ3n) is 2.68. The molecule has 0 saturated heterocycles. The Morgan fingerprint density at radius 3 is 2.26 bits per heavy atom. The van der Waals surface area contributed by atoms with E-state index < -0.39 is 10.0 Å². The highest BCUT2D eigenvalue weighted by Gasteiger charge is 2.15. The molecule has 5 nitrogen and oxygen atoms in total. The van der Waals surface area contributed by atoms with Crippen LogP contribution in [0.2, 0.25) is 0 Å². The zero-order valence-corrected chi connectivity index (χ0v) is 12.3. The molecular formula is C13H20N2O3S. The molecule has 0 heterocycles. The molecule has 0 unspecified atom stereocenters. The van der Waals surface area contributed by atoms with E-state index in [-0.39, 0.29) is 17.3 Å². The van der Waals surface area contributed by atoms with Crippen molar-refractivity contribution in [2.24, 2.45) is 0 Å². The standard InChI is InChI=1S/C13H20N2O3S/c1-4-5-11-6-8-12(9-7-11)19(17,18)14-10-13(16)15(2)3/h6-9,14H,4-5,10H2,1-3H3. The number of carbonyl (C=O) groups is 1. The molecule has 1 aromatic rings. The normalized spacial score (nSPS) is 11.3. The molecule has 0 atom stereocenters. The average molecular weight is 284 g/mol. The zero-order valence-electron chi connectivity index (χ0n) is 11.5. The molecule has 0 aliphatic rings. The minimum atomic E-state index is -3.62. The predicted octanol–water partition coefficient (Wildman–Crippen LogP) is 1.01. The Morgan fingerprint density at radius 2 is 1.79 bits per heavy atom. The van der Waals surface area contributed by atoms with Crippen molar-refractivity contribution in [1.82, 2.24) is 9.62 Å². The van der Waals surface area contributed by atoms with Gasteiger partial charge in [0.2, 0.25) is 15.9 Å². The number of sulfonamides is 1. The summed E-state index contributed by atoms with van der Waals surface area (Å²) in [6, 6.07) is 6.72. The van der Waals surface area contributed by atoms with E-state index >= 15 is 0 Å². The van der Waals surface area contributed by atoms with Gasteiger partial charge in [0, 0.05) is 14.1 Å². The van der Waals surface area contributed by atoms with E-state index in [1.165, 1.54) is 4.90 Å². The van der Waals surface area contributed by atoms with Gasteiger partial charge in [-0.2, -0.15) is 0 Å². The fraction of sp³-hybridized carbons (Fsp3) is 0.462. The molecule has 0 fully saturated rings. The van der Waals surface area contributed by atoms with Crippen LogP contribution in [-0.4, -0.2) is 39.9 Å². The van der Waals surface area contributed by atoms with Gasteiger partial charge < -0.3 is 4.90 Å². The Bertz CT molecular complexity index is 521. The van der Waals surface area contributed by atoms with Gasteiger partial charge in [0.05, 0.1) is 11.4 Å². The molecule has 6 heteroatoms. The van der Waals surface area contributed by atoms with E-state index in [0.717, 1.165) is 18.4 Å². The number of likely N-dealkylation sites (N-methyl/N-ethyl adjacent to an activating group) is 1. The zero-order chi connectivity index (χ0) is 14.5. The maximum atomic E-state index is 11.9. The summed E-state index contributed by atoms with van der Waals surface area (Å²) >= 11 is 0. The second kappa shape index (κ2) is 6.68. The first-order chi connectivity index (χ1) is 8.86. The first-order valence-electron chi connectivity index (χ1n) is 6.15. The smallest absolute Gasteiger partial charge is 0.241 e. The number of nitrogens with one attached hydrogen (secondary N) is 1. The van der Waals surface area contributed by atoms with Crippen molar-refractivity contribution in [3.05, 3.63) is 29.8 Å². The Labute approximate surface area is 114 Å². The van der Waals surface area contributed by atoms with Crippen LogP contribution in [0, 0.1) is 0 Å². The molecule has 0 aliphatic carbocycles. The molecule has 1 aromatic carbocycles. The van der Waals surface area contributed by atoms with Crippen LogP contribution in [0.3, 0.4) is 0 Å². The molecule has 1 rings (SSSR count). The lowest BCUT2D eigenvalue weighted by Crippen LogP contribution is -2.36. The number of carbonyl (C=O) groups excluding carboxylic acids is 1. The van der Waals surface area contributed by atoms with Gasteiger partial charge in [-0.1, -0.05) is 25.5 Å². The molecule has 19 heavy (non-hydrogen) atoms. The summed E-state index contributed by atoms with van der Waals surface area (Å²) in [5, 5.41) is 0. The van der Waals surface area contributed by atoms with Crippen LogP contribution in [-0.2, 0) is 21.2 Å². The quantitative estimate of drug-likeness (QED) is 0.847. The van der Waals surface area contributed by atoms with Crippen molar-refractivity contribution in [3.63, 3.8) is 0 Å². The van der Waals surface area contributed by atoms with Crippen molar-refractivity contribution in [2.75, 3.05) is 20.6 Å². The van der Waals surface area contributed by atoms with Crippen molar-refractivity contribution in [2.45, 2.75) is 24.7 Å². The van der Waals surface area contributed by atoms with Crippen molar-refractivity contribution in [3.8, 4) is 0 Å². The van der Waals surface area contributed by atoms with Gasteiger partial charge in [0.25, 0.3) is 0 Å². The molecule has 0 bridgehead atoms. The van der Waals surface area contributed by atoms with Gasteiger partial charge in [-0.3, -0.25) is 4.79 Å². The molecule has 0 radical (unpaired) electrons. The van der Waals surface area contributed by atoms with Gasteiger partial charge in [-0.25, -0.2) is 13.1 Å². The highest BCUT2D eigenvalue weighted by Crippen LogP contribution is 2.11. The lowest BCUT2D eigenvalue weighted by molar-refractivity contribution is -0.127. The van der Waals surface area contributed by atoms with E-state index in [9.17, 15) is 13.2 Å². The Hall–Kier alpha value is -1.40.